The highest BCUT2D eigenvalue weighted by atomic mass is 32.2. The minimum Gasteiger partial charge on any atom is -0.349 e. The van der Waals surface area contributed by atoms with E-state index < -0.39 is 10.0 Å². The zero-order valence-corrected chi connectivity index (χ0v) is 17.1. The maximum Gasteiger partial charge on any atom is 0.251 e. The Hall–Kier alpha value is -2.22. The van der Waals surface area contributed by atoms with E-state index in [9.17, 15) is 13.2 Å². The van der Waals surface area contributed by atoms with Gasteiger partial charge in [-0.3, -0.25) is 9.69 Å². The number of aryl methyl sites for hydroxylation is 2. The molecule has 150 valence electrons. The van der Waals surface area contributed by atoms with Crippen molar-refractivity contribution in [3.8, 4) is 0 Å². The van der Waals surface area contributed by atoms with Crippen LogP contribution in [0.3, 0.4) is 0 Å². The van der Waals surface area contributed by atoms with Gasteiger partial charge < -0.3 is 5.32 Å². The molecule has 1 fully saturated rings. The maximum atomic E-state index is 12.7. The molecule has 0 spiro atoms. The molecule has 0 saturated carbocycles. The molecule has 2 aromatic carbocycles. The molecule has 0 bridgehead atoms. The van der Waals surface area contributed by atoms with Crippen molar-refractivity contribution in [2.24, 2.45) is 5.14 Å². The molecule has 0 aromatic heterocycles. The molecule has 28 heavy (non-hydrogen) atoms. The second-order valence-corrected chi connectivity index (χ2v) is 9.03. The molecular formula is C21H27N3O3S. The lowest BCUT2D eigenvalue weighted by Crippen LogP contribution is -2.44. The lowest BCUT2D eigenvalue weighted by Gasteiger charge is -2.32. The Morgan fingerprint density at radius 1 is 1.11 bits per heavy atom. The summed E-state index contributed by atoms with van der Waals surface area (Å²) < 4.78 is 23.1. The standard InChI is InChI=1S/C21H27N3O3S/c1-15-5-3-4-6-17(15)14-24-11-9-18(10-12-24)23-21(25)20-13-19(28(22,26)27)8-7-16(20)2/h3-8,13,18H,9-12,14H2,1-2H3,(H,23,25)(H2,22,26,27). The van der Waals surface area contributed by atoms with Gasteiger partial charge in [0.25, 0.3) is 5.91 Å². The van der Waals surface area contributed by atoms with E-state index in [0.717, 1.165) is 38.0 Å². The maximum absolute atomic E-state index is 12.7. The first kappa shape index (κ1) is 20.5. The minimum absolute atomic E-state index is 0.0451. The van der Waals surface area contributed by atoms with Gasteiger partial charge in [-0.05, 0) is 55.5 Å². The third kappa shape index (κ3) is 4.98. The molecule has 1 heterocycles. The lowest BCUT2D eigenvalue weighted by molar-refractivity contribution is 0.0908. The molecule has 1 amide bonds. The van der Waals surface area contributed by atoms with Gasteiger partial charge in [0.1, 0.15) is 0 Å². The lowest BCUT2D eigenvalue weighted by atomic mass is 10.0. The van der Waals surface area contributed by atoms with Crippen LogP contribution < -0.4 is 10.5 Å². The van der Waals surface area contributed by atoms with E-state index in [4.69, 9.17) is 5.14 Å². The van der Waals surface area contributed by atoms with Gasteiger partial charge >= 0.3 is 0 Å². The van der Waals surface area contributed by atoms with Crippen LogP contribution in [0.15, 0.2) is 47.4 Å². The summed E-state index contributed by atoms with van der Waals surface area (Å²) in [7, 11) is -3.84. The number of amides is 1. The number of nitrogens with zero attached hydrogens (tertiary/aromatic N) is 1. The number of sulfonamides is 1. The predicted molar refractivity (Wildman–Crippen MR) is 109 cm³/mol. The largest absolute Gasteiger partial charge is 0.349 e. The fourth-order valence-electron chi connectivity index (χ4n) is 3.55. The topological polar surface area (TPSA) is 92.5 Å². The number of hydrogen-bond donors (Lipinski definition) is 2. The number of benzene rings is 2. The number of likely N-dealkylation sites (tertiary alicyclic amines) is 1. The monoisotopic (exact) mass is 401 g/mol. The predicted octanol–water partition coefficient (Wildman–Crippen LogP) is 2.35. The number of nitrogens with one attached hydrogen (secondary N) is 1. The molecule has 1 aliphatic rings. The van der Waals surface area contributed by atoms with Gasteiger partial charge in [-0.2, -0.15) is 0 Å². The number of nitrogens with two attached hydrogens (primary N) is 1. The van der Waals surface area contributed by atoms with Crippen molar-refractivity contribution in [1.29, 1.82) is 0 Å². The van der Waals surface area contributed by atoms with Crippen LogP contribution in [0.5, 0.6) is 0 Å². The molecular weight excluding hydrogens is 374 g/mol. The van der Waals surface area contributed by atoms with Crippen LogP contribution >= 0.6 is 0 Å². The summed E-state index contributed by atoms with van der Waals surface area (Å²) in [5.74, 6) is -0.250. The molecule has 1 saturated heterocycles. The summed E-state index contributed by atoms with van der Waals surface area (Å²) in [5.41, 5.74) is 3.71. The molecule has 1 aliphatic heterocycles. The van der Waals surface area contributed by atoms with E-state index in [1.165, 1.54) is 23.3 Å². The van der Waals surface area contributed by atoms with Crippen LogP contribution in [0.25, 0.3) is 0 Å². The van der Waals surface area contributed by atoms with Crippen molar-refractivity contribution in [1.82, 2.24) is 10.2 Å². The van der Waals surface area contributed by atoms with E-state index in [1.54, 1.807) is 13.0 Å². The van der Waals surface area contributed by atoms with Crippen LogP contribution in [0.1, 0.15) is 39.9 Å². The van der Waals surface area contributed by atoms with Crippen molar-refractivity contribution >= 4 is 15.9 Å². The third-order valence-electron chi connectivity index (χ3n) is 5.36. The van der Waals surface area contributed by atoms with Gasteiger partial charge in [-0.1, -0.05) is 30.3 Å². The smallest absolute Gasteiger partial charge is 0.251 e. The summed E-state index contributed by atoms with van der Waals surface area (Å²) in [4.78, 5) is 15.0. The molecule has 0 atom stereocenters. The van der Waals surface area contributed by atoms with Gasteiger partial charge in [0, 0.05) is 31.2 Å². The van der Waals surface area contributed by atoms with Crippen LogP contribution in [0.4, 0.5) is 0 Å². The van der Waals surface area contributed by atoms with Crippen LogP contribution in [0.2, 0.25) is 0 Å². The van der Waals surface area contributed by atoms with E-state index in [0.29, 0.717) is 5.56 Å². The number of hydrogen-bond acceptors (Lipinski definition) is 4. The van der Waals surface area contributed by atoms with Crippen molar-refractivity contribution in [2.45, 2.75) is 44.2 Å². The van der Waals surface area contributed by atoms with Crippen molar-refractivity contribution in [2.75, 3.05) is 13.1 Å². The SMILES string of the molecule is Cc1ccccc1CN1CCC(NC(=O)c2cc(S(N)(=O)=O)ccc2C)CC1. The van der Waals surface area contributed by atoms with Crippen molar-refractivity contribution in [3.63, 3.8) is 0 Å². The summed E-state index contributed by atoms with van der Waals surface area (Å²) >= 11 is 0. The number of carbonyl (C=O) groups excluding carboxylic acids is 1. The summed E-state index contributed by atoms with van der Waals surface area (Å²) in [6, 6.07) is 12.9. The zero-order valence-electron chi connectivity index (χ0n) is 16.3. The van der Waals surface area contributed by atoms with E-state index in [2.05, 4.69) is 35.3 Å². The van der Waals surface area contributed by atoms with Crippen LogP contribution in [0, 0.1) is 13.8 Å². The fourth-order valence-corrected chi connectivity index (χ4v) is 4.09. The van der Waals surface area contributed by atoms with Gasteiger partial charge in [-0.15, -0.1) is 0 Å². The summed E-state index contributed by atoms with van der Waals surface area (Å²) in [5, 5.41) is 8.23. The molecule has 3 N–H and O–H groups in total. The molecule has 2 aromatic rings. The average molecular weight is 402 g/mol. The Morgan fingerprint density at radius 2 is 1.79 bits per heavy atom. The van der Waals surface area contributed by atoms with Gasteiger partial charge in [0.2, 0.25) is 10.0 Å². The van der Waals surface area contributed by atoms with E-state index >= 15 is 0 Å². The first-order valence-corrected chi connectivity index (χ1v) is 11.0. The minimum atomic E-state index is -3.84. The van der Waals surface area contributed by atoms with Crippen LogP contribution in [-0.2, 0) is 16.6 Å². The molecule has 0 radical (unpaired) electrons. The Morgan fingerprint density at radius 3 is 2.43 bits per heavy atom. The first-order chi connectivity index (χ1) is 13.2. The van der Waals surface area contributed by atoms with Crippen molar-refractivity contribution < 1.29 is 13.2 Å². The van der Waals surface area contributed by atoms with Gasteiger partial charge in [0.05, 0.1) is 4.90 Å². The Kier molecular flexibility index (Phi) is 6.17. The summed E-state index contributed by atoms with van der Waals surface area (Å²) in [6.07, 6.45) is 1.73. The second kappa shape index (κ2) is 8.43. The third-order valence-corrected chi connectivity index (χ3v) is 6.27. The number of piperidine rings is 1. The molecule has 6 nitrogen and oxygen atoms in total. The fraction of sp³-hybridized carbons (Fsp3) is 0.381. The Bertz CT molecular complexity index is 965. The molecule has 0 unspecified atom stereocenters. The Balaban J connectivity index is 1.59. The summed E-state index contributed by atoms with van der Waals surface area (Å²) in [6.45, 7) is 6.65. The highest BCUT2D eigenvalue weighted by molar-refractivity contribution is 7.89. The first-order valence-electron chi connectivity index (χ1n) is 9.45. The molecule has 0 aliphatic carbocycles. The van der Waals surface area contributed by atoms with E-state index in [1.807, 2.05) is 6.07 Å². The quantitative estimate of drug-likeness (QED) is 0.804. The number of rotatable bonds is 5. The van der Waals surface area contributed by atoms with Gasteiger partial charge in [0.15, 0.2) is 0 Å². The average Bonchev–Trinajstić information content (AvgIpc) is 2.64. The normalized spacial score (nSPS) is 16.1. The van der Waals surface area contributed by atoms with Gasteiger partial charge in [-0.25, -0.2) is 13.6 Å². The zero-order chi connectivity index (χ0) is 20.3. The Labute approximate surface area is 166 Å². The van der Waals surface area contributed by atoms with Crippen molar-refractivity contribution in [3.05, 3.63) is 64.7 Å². The highest BCUT2D eigenvalue weighted by Crippen LogP contribution is 2.18. The van der Waals surface area contributed by atoms with E-state index in [-0.39, 0.29) is 16.8 Å². The molecule has 3 rings (SSSR count). The highest BCUT2D eigenvalue weighted by Gasteiger charge is 2.23. The molecule has 7 heteroatoms. The second-order valence-electron chi connectivity index (χ2n) is 7.47. The number of carbonyl (C=O) groups is 1. The van der Waals surface area contributed by atoms with Crippen LogP contribution in [-0.4, -0.2) is 38.4 Å². The number of primary sulfonamides is 1.